The van der Waals surface area contributed by atoms with Crippen LogP contribution in [0.5, 0.6) is 0 Å². The standard InChI is InChI=1S/C14H19N3O3/c1-10-3-5-15-7-11(10)8-16-13(20)17-6-4-14(2,9-17)12(18)19/h3,5,7H,4,6,8-9H2,1-2H3,(H,16,20)(H,18,19). The van der Waals surface area contributed by atoms with Gasteiger partial charge < -0.3 is 15.3 Å². The van der Waals surface area contributed by atoms with Crippen LogP contribution in [0.15, 0.2) is 18.5 Å². The first kappa shape index (κ1) is 14.3. The third-order valence-electron chi connectivity index (χ3n) is 3.85. The summed E-state index contributed by atoms with van der Waals surface area (Å²) in [5, 5.41) is 12.0. The first-order valence-electron chi connectivity index (χ1n) is 6.58. The smallest absolute Gasteiger partial charge is 0.317 e. The predicted octanol–water partition coefficient (Wildman–Crippen LogP) is 1.40. The normalized spacial score (nSPS) is 21.8. The summed E-state index contributed by atoms with van der Waals surface area (Å²) in [6.45, 7) is 4.76. The minimum Gasteiger partial charge on any atom is -0.481 e. The van der Waals surface area contributed by atoms with Crippen molar-refractivity contribution in [3.8, 4) is 0 Å². The van der Waals surface area contributed by atoms with Gasteiger partial charge in [-0.1, -0.05) is 0 Å². The third kappa shape index (κ3) is 2.89. The van der Waals surface area contributed by atoms with Gasteiger partial charge in [0.1, 0.15) is 0 Å². The van der Waals surface area contributed by atoms with Gasteiger partial charge in [0, 0.05) is 32.0 Å². The van der Waals surface area contributed by atoms with Crippen LogP contribution in [0.25, 0.3) is 0 Å². The molecule has 2 rings (SSSR count). The van der Waals surface area contributed by atoms with E-state index in [1.165, 1.54) is 0 Å². The van der Waals surface area contributed by atoms with Crippen LogP contribution in [0.1, 0.15) is 24.5 Å². The van der Waals surface area contributed by atoms with Crippen LogP contribution in [-0.2, 0) is 11.3 Å². The van der Waals surface area contributed by atoms with Crippen molar-refractivity contribution in [3.05, 3.63) is 29.6 Å². The quantitative estimate of drug-likeness (QED) is 0.874. The third-order valence-corrected chi connectivity index (χ3v) is 3.85. The van der Waals surface area contributed by atoms with E-state index in [1.807, 2.05) is 13.0 Å². The van der Waals surface area contributed by atoms with Crippen molar-refractivity contribution < 1.29 is 14.7 Å². The van der Waals surface area contributed by atoms with E-state index in [1.54, 1.807) is 24.2 Å². The van der Waals surface area contributed by atoms with Gasteiger partial charge in [-0.15, -0.1) is 0 Å². The Morgan fingerprint density at radius 2 is 2.30 bits per heavy atom. The molecule has 1 fully saturated rings. The Labute approximate surface area is 117 Å². The molecule has 1 saturated heterocycles. The lowest BCUT2D eigenvalue weighted by Gasteiger charge is -2.20. The van der Waals surface area contributed by atoms with Gasteiger partial charge in [0.25, 0.3) is 0 Å². The van der Waals surface area contributed by atoms with E-state index in [-0.39, 0.29) is 12.6 Å². The van der Waals surface area contributed by atoms with Crippen molar-refractivity contribution in [1.82, 2.24) is 15.2 Å². The molecule has 2 N–H and O–H groups in total. The summed E-state index contributed by atoms with van der Waals surface area (Å²) in [7, 11) is 0. The van der Waals surface area contributed by atoms with Crippen LogP contribution < -0.4 is 5.32 Å². The fourth-order valence-electron chi connectivity index (χ4n) is 2.27. The molecule has 0 aromatic carbocycles. The highest BCUT2D eigenvalue weighted by molar-refractivity contribution is 5.79. The Balaban J connectivity index is 1.91. The summed E-state index contributed by atoms with van der Waals surface area (Å²) in [6.07, 6.45) is 3.92. The van der Waals surface area contributed by atoms with Gasteiger partial charge >= 0.3 is 12.0 Å². The fraction of sp³-hybridized carbons (Fsp3) is 0.500. The molecule has 6 heteroatoms. The number of nitrogens with zero attached hydrogens (tertiary/aromatic N) is 2. The van der Waals surface area contributed by atoms with Crippen molar-refractivity contribution >= 4 is 12.0 Å². The average Bonchev–Trinajstić information content (AvgIpc) is 2.82. The lowest BCUT2D eigenvalue weighted by atomic mass is 9.90. The van der Waals surface area contributed by atoms with Crippen molar-refractivity contribution in [2.24, 2.45) is 5.41 Å². The van der Waals surface area contributed by atoms with Crippen LogP contribution in [0.4, 0.5) is 4.79 Å². The lowest BCUT2D eigenvalue weighted by Crippen LogP contribution is -2.40. The molecule has 1 aliphatic heterocycles. The summed E-state index contributed by atoms with van der Waals surface area (Å²) in [5.74, 6) is -0.851. The van der Waals surface area contributed by atoms with Gasteiger partial charge in [-0.3, -0.25) is 9.78 Å². The fourth-order valence-corrected chi connectivity index (χ4v) is 2.27. The number of carboxylic acid groups (broad SMARTS) is 1. The molecule has 0 radical (unpaired) electrons. The molecule has 1 aromatic heterocycles. The van der Waals surface area contributed by atoms with Gasteiger partial charge in [0.05, 0.1) is 5.41 Å². The van der Waals surface area contributed by atoms with Gasteiger partial charge in [-0.25, -0.2) is 4.79 Å². The largest absolute Gasteiger partial charge is 0.481 e. The Morgan fingerprint density at radius 3 is 2.90 bits per heavy atom. The predicted molar refractivity (Wildman–Crippen MR) is 73.1 cm³/mol. The molecule has 1 aromatic rings. The van der Waals surface area contributed by atoms with Gasteiger partial charge in [-0.2, -0.15) is 0 Å². The molecule has 6 nitrogen and oxygen atoms in total. The molecule has 1 unspecified atom stereocenters. The topological polar surface area (TPSA) is 82.5 Å². The first-order valence-corrected chi connectivity index (χ1v) is 6.58. The molecule has 2 heterocycles. The summed E-state index contributed by atoms with van der Waals surface area (Å²) in [5.41, 5.74) is 1.19. The van der Waals surface area contributed by atoms with Crippen molar-refractivity contribution in [1.29, 1.82) is 0 Å². The van der Waals surface area contributed by atoms with Crippen molar-refractivity contribution in [3.63, 3.8) is 0 Å². The van der Waals surface area contributed by atoms with Gasteiger partial charge in [-0.05, 0) is 37.5 Å². The number of likely N-dealkylation sites (tertiary alicyclic amines) is 1. The van der Waals surface area contributed by atoms with Crippen molar-refractivity contribution in [2.45, 2.75) is 26.8 Å². The Bertz CT molecular complexity index is 532. The molecule has 0 bridgehead atoms. The number of urea groups is 1. The second-order valence-corrected chi connectivity index (χ2v) is 5.50. The lowest BCUT2D eigenvalue weighted by molar-refractivity contribution is -0.146. The molecule has 0 spiro atoms. The van der Waals surface area contributed by atoms with Crippen LogP contribution in [0.3, 0.4) is 0 Å². The highest BCUT2D eigenvalue weighted by Crippen LogP contribution is 2.29. The first-order chi connectivity index (χ1) is 9.42. The Kier molecular flexibility index (Phi) is 3.92. The van der Waals surface area contributed by atoms with E-state index in [4.69, 9.17) is 5.11 Å². The molecule has 0 aliphatic carbocycles. The second kappa shape index (κ2) is 5.48. The number of amides is 2. The Hall–Kier alpha value is -2.11. The summed E-state index contributed by atoms with van der Waals surface area (Å²) in [4.78, 5) is 28.8. The van der Waals surface area contributed by atoms with Crippen LogP contribution in [0, 0.1) is 12.3 Å². The number of carboxylic acids is 1. The van der Waals surface area contributed by atoms with Crippen LogP contribution >= 0.6 is 0 Å². The second-order valence-electron chi connectivity index (χ2n) is 5.50. The van der Waals surface area contributed by atoms with E-state index >= 15 is 0 Å². The number of aryl methyl sites for hydroxylation is 1. The zero-order valence-corrected chi connectivity index (χ0v) is 11.7. The van der Waals surface area contributed by atoms with Crippen LogP contribution in [-0.4, -0.2) is 40.1 Å². The van der Waals surface area contributed by atoms with E-state index in [9.17, 15) is 9.59 Å². The zero-order chi connectivity index (χ0) is 14.8. The molecule has 0 saturated carbocycles. The molecular formula is C14H19N3O3. The molecule has 108 valence electrons. The maximum absolute atomic E-state index is 12.0. The number of carbonyl (C=O) groups is 2. The number of pyridine rings is 1. The number of hydrogen-bond donors (Lipinski definition) is 2. The highest BCUT2D eigenvalue weighted by atomic mass is 16.4. The van der Waals surface area contributed by atoms with Crippen molar-refractivity contribution in [2.75, 3.05) is 13.1 Å². The minimum atomic E-state index is -0.851. The van der Waals surface area contributed by atoms with Gasteiger partial charge in [0.2, 0.25) is 0 Å². The van der Waals surface area contributed by atoms with E-state index in [0.29, 0.717) is 19.5 Å². The number of aliphatic carboxylic acids is 1. The van der Waals surface area contributed by atoms with Gasteiger partial charge in [0.15, 0.2) is 0 Å². The molecular weight excluding hydrogens is 258 g/mol. The number of rotatable bonds is 3. The average molecular weight is 277 g/mol. The minimum absolute atomic E-state index is 0.224. The molecule has 1 atom stereocenters. The van der Waals surface area contributed by atoms with Crippen LogP contribution in [0.2, 0.25) is 0 Å². The highest BCUT2D eigenvalue weighted by Gasteiger charge is 2.42. The Morgan fingerprint density at radius 1 is 1.55 bits per heavy atom. The number of aromatic nitrogens is 1. The summed E-state index contributed by atoms with van der Waals surface area (Å²) < 4.78 is 0. The summed E-state index contributed by atoms with van der Waals surface area (Å²) >= 11 is 0. The summed E-state index contributed by atoms with van der Waals surface area (Å²) in [6, 6.07) is 1.66. The monoisotopic (exact) mass is 277 g/mol. The molecule has 1 aliphatic rings. The van der Waals surface area contributed by atoms with E-state index in [2.05, 4.69) is 10.3 Å². The number of carbonyl (C=O) groups excluding carboxylic acids is 1. The van der Waals surface area contributed by atoms with E-state index < -0.39 is 11.4 Å². The maximum Gasteiger partial charge on any atom is 0.317 e. The number of hydrogen-bond acceptors (Lipinski definition) is 3. The molecule has 20 heavy (non-hydrogen) atoms. The zero-order valence-electron chi connectivity index (χ0n) is 11.7. The van der Waals surface area contributed by atoms with E-state index in [0.717, 1.165) is 11.1 Å². The maximum atomic E-state index is 12.0. The molecule has 2 amide bonds. The number of nitrogens with one attached hydrogen (secondary N) is 1. The SMILES string of the molecule is Cc1ccncc1CNC(=O)N1CCC(C)(C(=O)O)C1.